The van der Waals surface area contributed by atoms with Gasteiger partial charge in [0, 0.05) is 47.0 Å². The molecule has 0 radical (unpaired) electrons. The van der Waals surface area contributed by atoms with Crippen LogP contribution in [-0.2, 0) is 18.9 Å². The zero-order valence-corrected chi connectivity index (χ0v) is 15.2. The van der Waals surface area contributed by atoms with Gasteiger partial charge in [0.05, 0.1) is 25.9 Å². The number of nitrogens with one attached hydrogen (secondary N) is 1. The average molecular weight is 343 g/mol. The third-order valence-electron chi connectivity index (χ3n) is 4.41. The lowest BCUT2D eigenvalue weighted by atomic mass is 10.1. The Morgan fingerprint density at radius 1 is 1.17 bits per heavy atom. The Hall–Kier alpha value is -0.890. The summed E-state index contributed by atoms with van der Waals surface area (Å²) in [4.78, 5) is 6.70. The number of ether oxygens (including phenoxy) is 4. The van der Waals surface area contributed by atoms with Crippen LogP contribution < -0.4 is 5.32 Å². The molecule has 1 N–H and O–H groups in total. The van der Waals surface area contributed by atoms with E-state index >= 15 is 0 Å². The maximum absolute atomic E-state index is 5.90. The summed E-state index contributed by atoms with van der Waals surface area (Å²) in [6, 6.07) is 0. The van der Waals surface area contributed by atoms with Crippen LogP contribution in [0, 0.1) is 0 Å². The molecule has 2 heterocycles. The Balaban J connectivity index is 1.62. The van der Waals surface area contributed by atoms with Gasteiger partial charge in [-0.2, -0.15) is 0 Å². The molecule has 0 aromatic carbocycles. The highest BCUT2D eigenvalue weighted by molar-refractivity contribution is 5.80. The van der Waals surface area contributed by atoms with Crippen molar-refractivity contribution in [3.05, 3.63) is 0 Å². The summed E-state index contributed by atoms with van der Waals surface area (Å²) >= 11 is 0. The second-order valence-electron chi connectivity index (χ2n) is 6.19. The van der Waals surface area contributed by atoms with Gasteiger partial charge in [0.25, 0.3) is 0 Å². The van der Waals surface area contributed by atoms with Gasteiger partial charge in [-0.3, -0.25) is 4.99 Å². The van der Waals surface area contributed by atoms with Crippen LogP contribution in [0.3, 0.4) is 0 Å². The fourth-order valence-corrected chi connectivity index (χ4v) is 3.09. The Labute approximate surface area is 145 Å². The summed E-state index contributed by atoms with van der Waals surface area (Å²) in [5, 5.41) is 3.45. The van der Waals surface area contributed by atoms with Crippen LogP contribution in [0.2, 0.25) is 0 Å². The van der Waals surface area contributed by atoms with Crippen molar-refractivity contribution in [3.63, 3.8) is 0 Å². The van der Waals surface area contributed by atoms with Crippen molar-refractivity contribution in [1.82, 2.24) is 10.2 Å². The maximum Gasteiger partial charge on any atom is 0.193 e. The number of guanidine groups is 1. The molecule has 0 aliphatic carbocycles. The minimum Gasteiger partial charge on any atom is -0.382 e. The van der Waals surface area contributed by atoms with Crippen molar-refractivity contribution in [2.75, 3.05) is 66.8 Å². The van der Waals surface area contributed by atoms with E-state index in [0.717, 1.165) is 71.1 Å². The standard InChI is InChI=1S/C17H33N3O4/c1-18-17(19-7-3-4-9-22-13-12-21-2)20-8-11-24-16(14-20)15-6-5-10-23-15/h15-16H,3-14H2,1-2H3,(H,18,19). The smallest absolute Gasteiger partial charge is 0.193 e. The van der Waals surface area contributed by atoms with Crippen LogP contribution >= 0.6 is 0 Å². The molecule has 7 heteroatoms. The lowest BCUT2D eigenvalue weighted by Gasteiger charge is -2.37. The van der Waals surface area contributed by atoms with Crippen LogP contribution in [0.15, 0.2) is 4.99 Å². The molecule has 140 valence electrons. The SMILES string of the molecule is CN=C(NCCCCOCCOC)N1CCOC(C2CCCO2)C1. The van der Waals surface area contributed by atoms with E-state index in [-0.39, 0.29) is 12.2 Å². The fraction of sp³-hybridized carbons (Fsp3) is 0.941. The highest BCUT2D eigenvalue weighted by Gasteiger charge is 2.32. The summed E-state index contributed by atoms with van der Waals surface area (Å²) in [6.07, 6.45) is 4.75. The van der Waals surface area contributed by atoms with Crippen molar-refractivity contribution >= 4 is 5.96 Å². The molecule has 2 aliphatic heterocycles. The van der Waals surface area contributed by atoms with Crippen LogP contribution in [0.1, 0.15) is 25.7 Å². The zero-order chi connectivity index (χ0) is 17.0. The Morgan fingerprint density at radius 3 is 2.79 bits per heavy atom. The highest BCUT2D eigenvalue weighted by Crippen LogP contribution is 2.20. The molecule has 0 spiro atoms. The lowest BCUT2D eigenvalue weighted by Crippen LogP contribution is -2.53. The Kier molecular flexibility index (Phi) is 9.42. The molecule has 2 atom stereocenters. The number of methoxy groups -OCH3 is 1. The summed E-state index contributed by atoms with van der Waals surface area (Å²) in [7, 11) is 3.53. The Morgan fingerprint density at radius 2 is 2.04 bits per heavy atom. The zero-order valence-electron chi connectivity index (χ0n) is 15.2. The monoisotopic (exact) mass is 343 g/mol. The molecule has 0 bridgehead atoms. The summed E-state index contributed by atoms with van der Waals surface area (Å²) in [5.41, 5.74) is 0. The van der Waals surface area contributed by atoms with Crippen LogP contribution in [-0.4, -0.2) is 89.9 Å². The molecule has 2 fully saturated rings. The van der Waals surface area contributed by atoms with Crippen LogP contribution in [0.25, 0.3) is 0 Å². The topological polar surface area (TPSA) is 64.6 Å². The normalized spacial score (nSPS) is 25.2. The number of hydrogen-bond donors (Lipinski definition) is 1. The first-order chi connectivity index (χ1) is 11.8. The first-order valence-electron chi connectivity index (χ1n) is 9.10. The van der Waals surface area contributed by atoms with Gasteiger partial charge in [-0.15, -0.1) is 0 Å². The first kappa shape index (κ1) is 19.4. The Bertz CT molecular complexity index is 362. The lowest BCUT2D eigenvalue weighted by molar-refractivity contribution is -0.0816. The number of unbranched alkanes of at least 4 members (excludes halogenated alkanes) is 1. The second-order valence-corrected chi connectivity index (χ2v) is 6.19. The van der Waals surface area contributed by atoms with E-state index in [1.165, 1.54) is 0 Å². The van der Waals surface area contributed by atoms with Crippen molar-refractivity contribution < 1.29 is 18.9 Å². The van der Waals surface area contributed by atoms with E-state index in [9.17, 15) is 0 Å². The van der Waals surface area contributed by atoms with Gasteiger partial charge >= 0.3 is 0 Å². The second kappa shape index (κ2) is 11.6. The third kappa shape index (κ3) is 6.55. The van der Waals surface area contributed by atoms with Gasteiger partial charge < -0.3 is 29.2 Å². The van der Waals surface area contributed by atoms with E-state index in [1.807, 2.05) is 7.05 Å². The van der Waals surface area contributed by atoms with Crippen LogP contribution in [0.4, 0.5) is 0 Å². The molecule has 0 aromatic rings. The van der Waals surface area contributed by atoms with Crippen molar-refractivity contribution in [2.45, 2.75) is 37.9 Å². The summed E-state index contributed by atoms with van der Waals surface area (Å²) < 4.78 is 22.1. The number of aliphatic imine (C=N–C) groups is 1. The first-order valence-corrected chi connectivity index (χ1v) is 9.10. The third-order valence-corrected chi connectivity index (χ3v) is 4.41. The van der Waals surface area contributed by atoms with Crippen molar-refractivity contribution in [3.8, 4) is 0 Å². The molecular weight excluding hydrogens is 310 g/mol. The number of rotatable bonds is 9. The minimum atomic E-state index is 0.161. The molecule has 0 saturated carbocycles. The molecule has 2 saturated heterocycles. The van der Waals surface area contributed by atoms with E-state index in [0.29, 0.717) is 13.2 Å². The van der Waals surface area contributed by atoms with Gasteiger partial charge in [-0.1, -0.05) is 0 Å². The quantitative estimate of drug-likeness (QED) is 0.381. The van der Waals surface area contributed by atoms with E-state index < -0.39 is 0 Å². The van der Waals surface area contributed by atoms with Gasteiger partial charge in [0.2, 0.25) is 0 Å². The number of hydrogen-bond acceptors (Lipinski definition) is 5. The van der Waals surface area contributed by atoms with Gasteiger partial charge in [0.1, 0.15) is 6.10 Å². The molecule has 2 rings (SSSR count). The predicted molar refractivity (Wildman–Crippen MR) is 93.6 cm³/mol. The van der Waals surface area contributed by atoms with Gasteiger partial charge in [0.15, 0.2) is 5.96 Å². The van der Waals surface area contributed by atoms with Crippen LogP contribution in [0.5, 0.6) is 0 Å². The van der Waals surface area contributed by atoms with E-state index in [2.05, 4.69) is 15.2 Å². The van der Waals surface area contributed by atoms with Gasteiger partial charge in [-0.05, 0) is 25.7 Å². The molecular formula is C17H33N3O4. The maximum atomic E-state index is 5.90. The molecule has 0 aromatic heterocycles. The summed E-state index contributed by atoms with van der Waals surface area (Å²) in [6.45, 7) is 6.35. The summed E-state index contributed by atoms with van der Waals surface area (Å²) in [5.74, 6) is 0.960. The molecule has 0 amide bonds. The highest BCUT2D eigenvalue weighted by atomic mass is 16.5. The van der Waals surface area contributed by atoms with E-state index in [1.54, 1.807) is 7.11 Å². The van der Waals surface area contributed by atoms with Crippen molar-refractivity contribution in [1.29, 1.82) is 0 Å². The molecule has 2 aliphatic rings. The van der Waals surface area contributed by atoms with E-state index in [4.69, 9.17) is 18.9 Å². The van der Waals surface area contributed by atoms with Gasteiger partial charge in [-0.25, -0.2) is 0 Å². The number of nitrogens with zero attached hydrogens (tertiary/aromatic N) is 2. The fourth-order valence-electron chi connectivity index (χ4n) is 3.09. The molecule has 24 heavy (non-hydrogen) atoms. The molecule has 7 nitrogen and oxygen atoms in total. The number of morpholine rings is 1. The predicted octanol–water partition coefficient (Wildman–Crippen LogP) is 0.885. The minimum absolute atomic E-state index is 0.161. The molecule has 2 unspecified atom stereocenters. The average Bonchev–Trinajstić information content (AvgIpc) is 3.15. The van der Waals surface area contributed by atoms with Crippen molar-refractivity contribution in [2.24, 2.45) is 4.99 Å². The largest absolute Gasteiger partial charge is 0.382 e.